The highest BCUT2D eigenvalue weighted by Crippen LogP contribution is 2.36. The second-order valence-electron chi connectivity index (χ2n) is 6.08. The molecule has 0 saturated carbocycles. The van der Waals surface area contributed by atoms with E-state index >= 15 is 0 Å². The van der Waals surface area contributed by atoms with E-state index < -0.39 is 11.7 Å². The van der Waals surface area contributed by atoms with Crippen LogP contribution < -0.4 is 11.1 Å². The summed E-state index contributed by atoms with van der Waals surface area (Å²) in [5.41, 5.74) is 7.99. The van der Waals surface area contributed by atoms with Gasteiger partial charge in [0.25, 0.3) is 0 Å². The number of carbonyl (C=O) groups excluding carboxylic acids is 2. The third-order valence-corrected chi connectivity index (χ3v) is 4.50. The topological polar surface area (TPSA) is 72.2 Å². The number of primary amides is 1. The lowest BCUT2D eigenvalue weighted by Crippen LogP contribution is -2.16. The number of nitrogens with one attached hydrogen (secondary N) is 1. The molecular weight excluding hydrogens is 307 g/mol. The second kappa shape index (κ2) is 6.83. The fourth-order valence-corrected chi connectivity index (χ4v) is 3.24. The number of hydrogen-bond donors (Lipinski definition) is 2. The maximum Gasteiger partial charge on any atom is 0.248 e. The Hall–Kier alpha value is -2.69. The summed E-state index contributed by atoms with van der Waals surface area (Å²) in [4.78, 5) is 23.3. The summed E-state index contributed by atoms with van der Waals surface area (Å²) in [5.74, 6) is -1.14. The minimum Gasteiger partial charge on any atom is -0.366 e. The van der Waals surface area contributed by atoms with Gasteiger partial charge in [-0.05, 0) is 54.5 Å². The van der Waals surface area contributed by atoms with E-state index in [1.165, 1.54) is 23.3 Å². The van der Waals surface area contributed by atoms with Crippen molar-refractivity contribution in [3.8, 4) is 0 Å². The molecule has 3 N–H and O–H groups in total. The quantitative estimate of drug-likeness (QED) is 0.884. The van der Waals surface area contributed by atoms with Crippen molar-refractivity contribution in [1.29, 1.82) is 0 Å². The zero-order chi connectivity index (χ0) is 17.1. The average Bonchev–Trinajstić information content (AvgIpc) is 2.98. The highest BCUT2D eigenvalue weighted by molar-refractivity contribution is 5.96. The van der Waals surface area contributed by atoms with E-state index in [9.17, 15) is 14.0 Å². The Morgan fingerprint density at radius 3 is 2.79 bits per heavy atom. The number of carbonyl (C=O) groups is 2. The van der Waals surface area contributed by atoms with Crippen LogP contribution in [-0.4, -0.2) is 11.8 Å². The molecule has 2 amide bonds. The molecule has 0 bridgehead atoms. The Labute approximate surface area is 139 Å². The summed E-state index contributed by atoms with van der Waals surface area (Å²) in [6.45, 7) is 0. The van der Waals surface area contributed by atoms with Crippen LogP contribution in [0.3, 0.4) is 0 Å². The molecule has 0 radical (unpaired) electrons. The van der Waals surface area contributed by atoms with Crippen molar-refractivity contribution in [2.24, 2.45) is 5.73 Å². The Kier molecular flexibility index (Phi) is 4.60. The fourth-order valence-electron chi connectivity index (χ4n) is 3.24. The Bertz CT molecular complexity index is 789. The molecule has 1 atom stereocenters. The predicted molar refractivity (Wildman–Crippen MR) is 90.3 cm³/mol. The molecule has 2 aromatic rings. The molecule has 4 nitrogen and oxygen atoms in total. The maximum atomic E-state index is 13.8. The highest BCUT2D eigenvalue weighted by atomic mass is 19.1. The lowest BCUT2D eigenvalue weighted by Gasteiger charge is -2.12. The van der Waals surface area contributed by atoms with Crippen LogP contribution in [0.15, 0.2) is 42.5 Å². The van der Waals surface area contributed by atoms with Crippen LogP contribution in [0.2, 0.25) is 0 Å². The van der Waals surface area contributed by atoms with E-state index in [0.29, 0.717) is 12.3 Å². The van der Waals surface area contributed by atoms with Crippen molar-refractivity contribution in [3.63, 3.8) is 0 Å². The molecule has 0 saturated heterocycles. The summed E-state index contributed by atoms with van der Waals surface area (Å²) >= 11 is 0. The molecule has 3 rings (SSSR count). The first-order chi connectivity index (χ1) is 11.5. The standard InChI is InChI=1S/C19H19FN2O2/c20-16-9-7-14(19(21)24)11-17(16)22-18(23)10-8-13-6-5-12-3-1-2-4-15(12)13/h1-4,7,9,11,13H,5-6,8,10H2,(H2,21,24)(H,22,23). The minimum absolute atomic E-state index is 0.0110. The number of fused-ring (bicyclic) bond motifs is 1. The first-order valence-electron chi connectivity index (χ1n) is 8.01. The van der Waals surface area contributed by atoms with Gasteiger partial charge in [0.05, 0.1) is 5.69 Å². The lowest BCUT2D eigenvalue weighted by atomic mass is 9.96. The molecule has 1 aliphatic rings. The maximum absolute atomic E-state index is 13.8. The molecule has 0 aromatic heterocycles. The molecular formula is C19H19FN2O2. The largest absolute Gasteiger partial charge is 0.366 e. The van der Waals surface area contributed by atoms with Crippen molar-refractivity contribution >= 4 is 17.5 Å². The van der Waals surface area contributed by atoms with E-state index in [1.54, 1.807) is 0 Å². The van der Waals surface area contributed by atoms with E-state index in [0.717, 1.165) is 25.3 Å². The van der Waals surface area contributed by atoms with Gasteiger partial charge in [-0.25, -0.2) is 4.39 Å². The monoisotopic (exact) mass is 326 g/mol. The zero-order valence-electron chi connectivity index (χ0n) is 13.2. The molecule has 0 fully saturated rings. The van der Waals surface area contributed by atoms with Crippen LogP contribution in [-0.2, 0) is 11.2 Å². The van der Waals surface area contributed by atoms with Gasteiger partial charge in [-0.15, -0.1) is 0 Å². The van der Waals surface area contributed by atoms with Gasteiger partial charge in [0.2, 0.25) is 11.8 Å². The molecule has 5 heteroatoms. The molecule has 0 heterocycles. The van der Waals surface area contributed by atoms with Crippen LogP contribution in [0.4, 0.5) is 10.1 Å². The molecule has 1 aliphatic carbocycles. The zero-order valence-corrected chi connectivity index (χ0v) is 13.2. The molecule has 2 aromatic carbocycles. The van der Waals surface area contributed by atoms with Crippen molar-refractivity contribution in [3.05, 3.63) is 65.0 Å². The summed E-state index contributed by atoms with van der Waals surface area (Å²) in [7, 11) is 0. The van der Waals surface area contributed by atoms with Gasteiger partial charge in [0.15, 0.2) is 0 Å². The number of amides is 2. The fraction of sp³-hybridized carbons (Fsp3) is 0.263. The first kappa shape index (κ1) is 16.2. The molecule has 24 heavy (non-hydrogen) atoms. The summed E-state index contributed by atoms with van der Waals surface area (Å²) in [5, 5.41) is 2.53. The first-order valence-corrected chi connectivity index (χ1v) is 8.01. The van der Waals surface area contributed by atoms with Gasteiger partial charge in [0.1, 0.15) is 5.82 Å². The van der Waals surface area contributed by atoms with Gasteiger partial charge in [-0.1, -0.05) is 24.3 Å². The van der Waals surface area contributed by atoms with Gasteiger partial charge in [-0.2, -0.15) is 0 Å². The van der Waals surface area contributed by atoms with Crippen molar-refractivity contribution in [2.75, 3.05) is 5.32 Å². The molecule has 124 valence electrons. The number of benzene rings is 2. The Morgan fingerprint density at radius 2 is 2.00 bits per heavy atom. The number of rotatable bonds is 5. The lowest BCUT2D eigenvalue weighted by molar-refractivity contribution is -0.116. The van der Waals surface area contributed by atoms with Crippen LogP contribution in [0.25, 0.3) is 0 Å². The average molecular weight is 326 g/mol. The summed E-state index contributed by atoms with van der Waals surface area (Å²) in [6.07, 6.45) is 3.11. The van der Waals surface area contributed by atoms with Crippen LogP contribution in [0.5, 0.6) is 0 Å². The highest BCUT2D eigenvalue weighted by Gasteiger charge is 2.22. The van der Waals surface area contributed by atoms with Crippen LogP contribution in [0.1, 0.15) is 46.7 Å². The van der Waals surface area contributed by atoms with Gasteiger partial charge in [0, 0.05) is 12.0 Å². The smallest absolute Gasteiger partial charge is 0.248 e. The van der Waals surface area contributed by atoms with E-state index in [4.69, 9.17) is 5.73 Å². The van der Waals surface area contributed by atoms with E-state index in [1.807, 2.05) is 12.1 Å². The minimum atomic E-state index is -0.659. The molecule has 0 spiro atoms. The number of hydrogen-bond acceptors (Lipinski definition) is 2. The van der Waals surface area contributed by atoms with Gasteiger partial charge in [-0.3, -0.25) is 9.59 Å². The second-order valence-corrected chi connectivity index (χ2v) is 6.08. The van der Waals surface area contributed by atoms with Crippen molar-refractivity contribution < 1.29 is 14.0 Å². The van der Waals surface area contributed by atoms with E-state index in [2.05, 4.69) is 17.4 Å². The SMILES string of the molecule is NC(=O)c1ccc(F)c(NC(=O)CCC2CCc3ccccc32)c1. The molecule has 1 unspecified atom stereocenters. The number of nitrogens with two attached hydrogens (primary N) is 1. The van der Waals surface area contributed by atoms with Gasteiger partial charge < -0.3 is 11.1 Å². The Balaban J connectivity index is 1.61. The third kappa shape index (κ3) is 3.45. The number of aryl methyl sites for hydroxylation is 1. The normalized spacial score (nSPS) is 15.8. The third-order valence-electron chi connectivity index (χ3n) is 4.50. The number of anilines is 1. The summed E-state index contributed by atoms with van der Waals surface area (Å²) in [6, 6.07) is 12.0. The Morgan fingerprint density at radius 1 is 1.21 bits per heavy atom. The van der Waals surface area contributed by atoms with E-state index in [-0.39, 0.29) is 17.2 Å². The van der Waals surface area contributed by atoms with Crippen LogP contribution in [0, 0.1) is 5.82 Å². The van der Waals surface area contributed by atoms with Crippen LogP contribution >= 0.6 is 0 Å². The van der Waals surface area contributed by atoms with Crippen molar-refractivity contribution in [1.82, 2.24) is 0 Å². The van der Waals surface area contributed by atoms with Crippen molar-refractivity contribution in [2.45, 2.75) is 31.6 Å². The van der Waals surface area contributed by atoms with Gasteiger partial charge >= 0.3 is 0 Å². The summed E-state index contributed by atoms with van der Waals surface area (Å²) < 4.78 is 13.8. The number of halogens is 1. The molecule has 0 aliphatic heterocycles. The predicted octanol–water partition coefficient (Wildman–Crippen LogP) is 3.37.